The molecule has 84 heavy (non-hydrogen) atoms. The van der Waals surface area contributed by atoms with Crippen molar-refractivity contribution in [2.45, 2.75) is 284 Å². The fourth-order valence-corrected chi connectivity index (χ4v) is 16.6. The van der Waals surface area contributed by atoms with Gasteiger partial charge in [0.15, 0.2) is 31.5 Å². The molecule has 9 aliphatic rings. The molecule has 9 rings (SSSR count). The molecule has 0 spiro atoms. The van der Waals surface area contributed by atoms with E-state index in [1.165, 1.54) is 27.7 Å². The molecule has 0 aromatic rings. The van der Waals surface area contributed by atoms with Gasteiger partial charge in [-0.25, -0.2) is 8.42 Å². The van der Waals surface area contributed by atoms with Crippen molar-refractivity contribution in [3.63, 3.8) is 0 Å². The summed E-state index contributed by atoms with van der Waals surface area (Å²) in [6, 6.07) is 0. The molecule has 12 N–H and O–H groups in total. The Kier molecular flexibility index (Phi) is 21.9. The third-order valence-electron chi connectivity index (χ3n) is 20.4. The Labute approximate surface area is 512 Å². The van der Waals surface area contributed by atoms with Crippen LogP contribution in [0.4, 0.5) is 0 Å². The molecular weight excluding hydrogens is 1140 g/mol. The number of carbonyl (C=O) groups excluding carboxylic acids is 1. The summed E-state index contributed by atoms with van der Waals surface area (Å²) in [5, 5.41) is 134. The maximum atomic E-state index is 13.2. The summed E-state index contributed by atoms with van der Waals surface area (Å²) in [4.78, 5) is 13.2. The minimum atomic E-state index is -4.76. The predicted molar refractivity (Wildman–Crippen MR) is 281 cm³/mol. The molecule has 5 heterocycles. The van der Waals surface area contributed by atoms with Crippen LogP contribution in [-0.4, -0.2) is 251 Å². The van der Waals surface area contributed by atoms with E-state index >= 15 is 0 Å². The van der Waals surface area contributed by atoms with Gasteiger partial charge in [-0.3, -0.25) is 4.79 Å². The fraction of sp³-hybridized carbons (Fsp3) is 0.946. The summed E-state index contributed by atoms with van der Waals surface area (Å²) in [5.41, 5.74) is -1.32. The van der Waals surface area contributed by atoms with E-state index in [-0.39, 0.29) is 78.3 Å². The number of carbonyl (C=O) groups is 1. The standard InChI is InChI=1S/C56H92O26S.Na/c1-21(2)16-26(57)19-56(9,69)34-11-10-29-28-18-33(31-17-27(83(70,71)72)12-14-54(31,7)30(28)13-15-55(29,34)8)78-51-44(68)46(37(61)24(5)76-51)80-53-48(82-50-42(66)40(64)36(60)23(4)75-50)43(67)45(25(6)77-53)79-52-47(38(62)32(58)20-73-52)81-49-41(65)39(63)35(59)22(3)74-49;/h13,21-25,27-29,31-53,58-69H,10-12,14-20H2,1-9H3,(H,70,71,72);/q;+1/p-1. The van der Waals surface area contributed by atoms with Crippen LogP contribution in [0.5, 0.6) is 0 Å². The van der Waals surface area contributed by atoms with Crippen LogP contribution in [-0.2, 0) is 62.3 Å². The van der Waals surface area contributed by atoms with E-state index < -0.39 is 198 Å². The summed E-state index contributed by atoms with van der Waals surface area (Å²) in [5.74, 6) is -0.884. The Bertz CT molecular complexity index is 2390. The Hall–Kier alpha value is -0.560. The van der Waals surface area contributed by atoms with E-state index in [9.17, 15) is 79.0 Å². The van der Waals surface area contributed by atoms with E-state index in [0.717, 1.165) is 12.0 Å². The zero-order valence-corrected chi connectivity index (χ0v) is 52.4. The molecule has 0 radical (unpaired) electrons. The Balaban J connectivity index is 0.00000920. The molecule has 33 unspecified atom stereocenters. The summed E-state index contributed by atoms with van der Waals surface area (Å²) in [7, 11) is -4.76. The average Bonchev–Trinajstić information content (AvgIpc) is 1.31. The van der Waals surface area contributed by atoms with Crippen molar-refractivity contribution in [1.82, 2.24) is 0 Å². The molecule has 5 aliphatic heterocycles. The molecule has 0 bridgehead atoms. The van der Waals surface area contributed by atoms with Crippen molar-refractivity contribution in [3.8, 4) is 0 Å². The number of ketones is 1. The average molecular weight is 1240 g/mol. The second-order valence-corrected chi connectivity index (χ2v) is 28.3. The normalized spacial score (nSPS) is 51.6. The summed E-state index contributed by atoms with van der Waals surface area (Å²) in [6.45, 7) is 15.0. The summed E-state index contributed by atoms with van der Waals surface area (Å²) < 4.78 is 99.6. The molecule has 4 aliphatic carbocycles. The smallest absolute Gasteiger partial charge is 0.748 e. The molecule has 3 saturated carbocycles. The molecule has 478 valence electrons. The largest absolute Gasteiger partial charge is 1.00 e. The summed E-state index contributed by atoms with van der Waals surface area (Å²) in [6.07, 6.45) is -35.1. The maximum Gasteiger partial charge on any atom is 1.00 e. The van der Waals surface area contributed by atoms with Crippen LogP contribution in [0.1, 0.15) is 120 Å². The van der Waals surface area contributed by atoms with E-state index in [2.05, 4.69) is 19.9 Å². The monoisotopic (exact) mass is 1230 g/mol. The van der Waals surface area contributed by atoms with Gasteiger partial charge in [-0.2, -0.15) is 0 Å². The van der Waals surface area contributed by atoms with Gasteiger partial charge in [0.25, 0.3) is 0 Å². The third kappa shape index (κ3) is 13.4. The topological polar surface area (TPSA) is 409 Å². The third-order valence-corrected chi connectivity index (χ3v) is 21.6. The number of aliphatic hydroxyl groups is 12. The van der Waals surface area contributed by atoms with Gasteiger partial charge in [-0.1, -0.05) is 39.3 Å². The second kappa shape index (κ2) is 26.6. The first kappa shape index (κ1) is 69.3. The number of ether oxygens (including phenoxy) is 10. The molecule has 0 aromatic carbocycles. The number of Topliss-reactive ketones (excluding diaryl/α,β-unsaturated/α-hetero) is 1. The van der Waals surface area contributed by atoms with Crippen LogP contribution in [0.3, 0.4) is 0 Å². The first-order valence-electron chi connectivity index (χ1n) is 29.6. The number of hydrogen-bond acceptors (Lipinski definition) is 26. The Morgan fingerprint density at radius 1 is 0.643 bits per heavy atom. The van der Waals surface area contributed by atoms with Gasteiger partial charge >= 0.3 is 29.6 Å². The van der Waals surface area contributed by atoms with Crippen LogP contribution >= 0.6 is 0 Å². The number of hydrogen-bond donors (Lipinski definition) is 12. The molecule has 28 heteroatoms. The van der Waals surface area contributed by atoms with Crippen LogP contribution in [0.15, 0.2) is 11.6 Å². The second-order valence-electron chi connectivity index (χ2n) is 26.6. The van der Waals surface area contributed by atoms with Gasteiger partial charge in [0, 0.05) is 18.1 Å². The molecule has 8 fully saturated rings. The Morgan fingerprint density at radius 2 is 1.17 bits per heavy atom. The number of allylic oxidation sites excluding steroid dienone is 2. The minimum absolute atomic E-state index is 0. The van der Waals surface area contributed by atoms with Gasteiger partial charge in [0.05, 0.1) is 52.8 Å². The number of fused-ring (bicyclic) bond motifs is 5. The van der Waals surface area contributed by atoms with Crippen LogP contribution in [0, 0.1) is 40.4 Å². The van der Waals surface area contributed by atoms with Crippen molar-refractivity contribution in [2.75, 3.05) is 6.61 Å². The van der Waals surface area contributed by atoms with Gasteiger partial charge in [-0.15, -0.1) is 0 Å². The van der Waals surface area contributed by atoms with E-state index in [1.54, 1.807) is 6.92 Å². The quantitative estimate of drug-likeness (QED) is 0.0391. The van der Waals surface area contributed by atoms with Crippen molar-refractivity contribution in [3.05, 3.63) is 11.6 Å². The van der Waals surface area contributed by atoms with Gasteiger partial charge in [-0.05, 0) is 120 Å². The molecular formula is C56H91NaO26S. The van der Waals surface area contributed by atoms with Crippen molar-refractivity contribution < 1.29 is 156 Å². The van der Waals surface area contributed by atoms with Crippen molar-refractivity contribution >= 4 is 15.9 Å². The van der Waals surface area contributed by atoms with Crippen LogP contribution < -0.4 is 29.6 Å². The van der Waals surface area contributed by atoms with E-state index in [1.807, 2.05) is 13.8 Å². The fourth-order valence-electron chi connectivity index (χ4n) is 15.8. The van der Waals surface area contributed by atoms with Crippen molar-refractivity contribution in [1.29, 1.82) is 0 Å². The first-order chi connectivity index (χ1) is 38.7. The molecule has 26 nitrogen and oxygen atoms in total. The van der Waals surface area contributed by atoms with E-state index in [4.69, 9.17) is 47.4 Å². The van der Waals surface area contributed by atoms with Crippen LogP contribution in [0.2, 0.25) is 0 Å². The van der Waals surface area contributed by atoms with E-state index in [0.29, 0.717) is 32.1 Å². The van der Waals surface area contributed by atoms with Gasteiger partial charge < -0.3 is 113 Å². The van der Waals surface area contributed by atoms with Crippen molar-refractivity contribution in [2.24, 2.45) is 40.4 Å². The summed E-state index contributed by atoms with van der Waals surface area (Å²) >= 11 is 0. The zero-order chi connectivity index (χ0) is 60.9. The molecule has 5 saturated heterocycles. The van der Waals surface area contributed by atoms with Crippen LogP contribution in [0.25, 0.3) is 0 Å². The number of rotatable bonds is 16. The first-order valence-corrected chi connectivity index (χ1v) is 31.0. The van der Waals surface area contributed by atoms with Gasteiger partial charge in [0.1, 0.15) is 97.3 Å². The van der Waals surface area contributed by atoms with Gasteiger partial charge in [0.2, 0.25) is 0 Å². The predicted octanol–water partition coefficient (Wildman–Crippen LogP) is -4.92. The zero-order valence-electron chi connectivity index (χ0n) is 49.5. The Morgan fingerprint density at radius 3 is 1.74 bits per heavy atom. The number of aliphatic hydroxyl groups excluding tert-OH is 11. The molecule has 33 atom stereocenters. The maximum absolute atomic E-state index is 13.2. The molecule has 0 amide bonds. The minimum Gasteiger partial charge on any atom is -0.748 e. The SMILES string of the molecule is CC(C)CC(=O)CC(C)(O)C1CCC2C3CC(OC4OC(C)C(O)C(OC5OC(C)C(OC6OCC(O)C(O)C6OC6OC(C)C(O)C(O)C6O)C(O)C5OC5OC(C)C(O)C(O)C5O)C4O)C4CC(S(=O)(=O)[O-])CCC4(C)C3=CCC21C.[Na+]. The molecule has 0 aromatic heterocycles.